The fourth-order valence-electron chi connectivity index (χ4n) is 2.49. The van der Waals surface area contributed by atoms with Crippen molar-refractivity contribution in [1.29, 1.82) is 5.41 Å². The summed E-state index contributed by atoms with van der Waals surface area (Å²) in [4.78, 5) is 13.4. The summed E-state index contributed by atoms with van der Waals surface area (Å²) >= 11 is 0. The molecule has 15 heavy (non-hydrogen) atoms. The largest absolute Gasteiger partial charge is 0.350 e. The first-order valence-corrected chi connectivity index (χ1v) is 5.94. The third kappa shape index (κ3) is 2.80. The number of likely N-dealkylation sites (tertiary alicyclic amines) is 1. The summed E-state index contributed by atoms with van der Waals surface area (Å²) < 4.78 is 0. The molecule has 1 heterocycles. The van der Waals surface area contributed by atoms with Gasteiger partial charge in [-0.2, -0.15) is 0 Å². The predicted octanol–water partition coefficient (Wildman–Crippen LogP) is 2.45. The standard InChI is InChI=1S/C12H22N2O/c1-4-6-10-7-12(13)14(8-10)11(5-2)9(3)15/h10-11,13H,4-8H2,1-3H3/t10-,11+/m1/s1. The summed E-state index contributed by atoms with van der Waals surface area (Å²) in [5, 5.41) is 7.92. The summed E-state index contributed by atoms with van der Waals surface area (Å²) in [5.41, 5.74) is 0. The zero-order chi connectivity index (χ0) is 11.4. The van der Waals surface area contributed by atoms with Crippen LogP contribution in [0.3, 0.4) is 0 Å². The van der Waals surface area contributed by atoms with Gasteiger partial charge in [0.2, 0.25) is 0 Å². The van der Waals surface area contributed by atoms with Crippen LogP contribution in [0.2, 0.25) is 0 Å². The van der Waals surface area contributed by atoms with Crippen LogP contribution in [-0.2, 0) is 4.79 Å². The Balaban J connectivity index is 2.63. The van der Waals surface area contributed by atoms with E-state index in [1.807, 2.05) is 11.8 Å². The summed E-state index contributed by atoms with van der Waals surface area (Å²) in [7, 11) is 0. The third-order valence-electron chi connectivity index (χ3n) is 3.21. The van der Waals surface area contributed by atoms with E-state index in [0.29, 0.717) is 11.8 Å². The second-order valence-corrected chi connectivity index (χ2v) is 4.49. The second kappa shape index (κ2) is 5.29. The molecule has 86 valence electrons. The van der Waals surface area contributed by atoms with Crippen LogP contribution >= 0.6 is 0 Å². The molecule has 0 aromatic rings. The lowest BCUT2D eigenvalue weighted by Crippen LogP contribution is -2.40. The summed E-state index contributed by atoms with van der Waals surface area (Å²) in [6, 6.07) is -0.0562. The average Bonchev–Trinajstić information content (AvgIpc) is 2.49. The van der Waals surface area contributed by atoms with E-state index >= 15 is 0 Å². The number of nitrogens with zero attached hydrogens (tertiary/aromatic N) is 1. The monoisotopic (exact) mass is 210 g/mol. The van der Waals surface area contributed by atoms with Gasteiger partial charge in [-0.25, -0.2) is 0 Å². The van der Waals surface area contributed by atoms with Gasteiger partial charge in [-0.15, -0.1) is 0 Å². The van der Waals surface area contributed by atoms with E-state index in [4.69, 9.17) is 5.41 Å². The summed E-state index contributed by atoms with van der Waals surface area (Å²) in [6.45, 7) is 6.74. The minimum Gasteiger partial charge on any atom is -0.350 e. The van der Waals surface area contributed by atoms with Gasteiger partial charge in [0.15, 0.2) is 5.78 Å². The van der Waals surface area contributed by atoms with Crippen molar-refractivity contribution >= 4 is 11.6 Å². The van der Waals surface area contributed by atoms with Crippen LogP contribution in [0.1, 0.15) is 46.5 Å². The van der Waals surface area contributed by atoms with Crippen LogP contribution in [0.5, 0.6) is 0 Å². The van der Waals surface area contributed by atoms with Crippen molar-refractivity contribution in [1.82, 2.24) is 4.90 Å². The fraction of sp³-hybridized carbons (Fsp3) is 0.833. The van der Waals surface area contributed by atoms with Gasteiger partial charge in [-0.3, -0.25) is 10.2 Å². The van der Waals surface area contributed by atoms with Crippen molar-refractivity contribution in [3.8, 4) is 0 Å². The third-order valence-corrected chi connectivity index (χ3v) is 3.21. The number of hydrogen-bond donors (Lipinski definition) is 1. The Morgan fingerprint density at radius 3 is 2.73 bits per heavy atom. The molecular formula is C12H22N2O. The molecule has 0 radical (unpaired) electrons. The maximum absolute atomic E-state index is 11.4. The molecule has 1 rings (SSSR count). The first-order valence-electron chi connectivity index (χ1n) is 5.94. The number of carbonyl (C=O) groups excluding carboxylic acids is 1. The van der Waals surface area contributed by atoms with E-state index in [1.54, 1.807) is 6.92 Å². The normalized spacial score (nSPS) is 23.3. The molecule has 0 aliphatic carbocycles. The molecule has 1 fully saturated rings. The van der Waals surface area contributed by atoms with Crippen LogP contribution < -0.4 is 0 Å². The molecule has 3 nitrogen and oxygen atoms in total. The lowest BCUT2D eigenvalue weighted by atomic mass is 10.0. The van der Waals surface area contributed by atoms with Gasteiger partial charge in [-0.1, -0.05) is 20.3 Å². The van der Waals surface area contributed by atoms with Crippen molar-refractivity contribution in [2.24, 2.45) is 5.92 Å². The molecule has 0 aromatic heterocycles. The zero-order valence-corrected chi connectivity index (χ0v) is 10.0. The Hall–Kier alpha value is -0.860. The fourth-order valence-corrected chi connectivity index (χ4v) is 2.49. The minimum atomic E-state index is -0.0562. The number of amidine groups is 1. The number of carbonyl (C=O) groups is 1. The lowest BCUT2D eigenvalue weighted by molar-refractivity contribution is -0.120. The van der Waals surface area contributed by atoms with Crippen molar-refractivity contribution in [2.45, 2.75) is 52.5 Å². The van der Waals surface area contributed by atoms with E-state index in [-0.39, 0.29) is 11.8 Å². The summed E-state index contributed by atoms with van der Waals surface area (Å²) in [5.74, 6) is 1.45. The van der Waals surface area contributed by atoms with Gasteiger partial charge in [0.05, 0.1) is 11.9 Å². The lowest BCUT2D eigenvalue weighted by Gasteiger charge is -2.26. The Morgan fingerprint density at radius 1 is 1.60 bits per heavy atom. The molecular weight excluding hydrogens is 188 g/mol. The van der Waals surface area contributed by atoms with Crippen LogP contribution in [0, 0.1) is 11.3 Å². The molecule has 0 spiro atoms. The SMILES string of the molecule is CCC[C@@H]1CC(=N)N([C@@H](CC)C(C)=O)C1. The molecule has 2 atom stereocenters. The van der Waals surface area contributed by atoms with Crippen molar-refractivity contribution < 1.29 is 4.79 Å². The van der Waals surface area contributed by atoms with Gasteiger partial charge in [0, 0.05) is 13.0 Å². The Labute approximate surface area is 92.4 Å². The molecule has 1 saturated heterocycles. The van der Waals surface area contributed by atoms with Gasteiger partial charge in [-0.05, 0) is 25.7 Å². The van der Waals surface area contributed by atoms with E-state index in [2.05, 4.69) is 6.92 Å². The minimum absolute atomic E-state index is 0.0562. The Morgan fingerprint density at radius 2 is 2.27 bits per heavy atom. The topological polar surface area (TPSA) is 44.2 Å². The highest BCUT2D eigenvalue weighted by Gasteiger charge is 2.32. The van der Waals surface area contributed by atoms with Gasteiger partial charge < -0.3 is 4.90 Å². The quantitative estimate of drug-likeness (QED) is 0.757. The van der Waals surface area contributed by atoms with E-state index in [0.717, 1.165) is 19.4 Å². The highest BCUT2D eigenvalue weighted by molar-refractivity contribution is 5.89. The summed E-state index contributed by atoms with van der Waals surface area (Å²) in [6.07, 6.45) is 4.02. The first-order chi connectivity index (χ1) is 7.10. The maximum Gasteiger partial charge on any atom is 0.152 e. The molecule has 0 bridgehead atoms. The second-order valence-electron chi connectivity index (χ2n) is 4.49. The smallest absolute Gasteiger partial charge is 0.152 e. The van der Waals surface area contributed by atoms with E-state index in [9.17, 15) is 4.79 Å². The molecule has 0 amide bonds. The highest BCUT2D eigenvalue weighted by Crippen LogP contribution is 2.25. The van der Waals surface area contributed by atoms with Gasteiger partial charge in [0.25, 0.3) is 0 Å². The maximum atomic E-state index is 11.4. The number of hydrogen-bond acceptors (Lipinski definition) is 2. The number of ketones is 1. The molecule has 0 aromatic carbocycles. The van der Waals surface area contributed by atoms with Crippen molar-refractivity contribution in [3.63, 3.8) is 0 Å². The molecule has 0 saturated carbocycles. The van der Waals surface area contributed by atoms with Crippen LogP contribution in [0.4, 0.5) is 0 Å². The average molecular weight is 210 g/mol. The molecule has 1 aliphatic heterocycles. The van der Waals surface area contributed by atoms with E-state index in [1.165, 1.54) is 12.8 Å². The highest BCUT2D eigenvalue weighted by atomic mass is 16.1. The molecule has 1 N–H and O–H groups in total. The van der Waals surface area contributed by atoms with Gasteiger partial charge in [0.1, 0.15) is 0 Å². The van der Waals surface area contributed by atoms with Gasteiger partial charge >= 0.3 is 0 Å². The van der Waals surface area contributed by atoms with Crippen LogP contribution in [0.25, 0.3) is 0 Å². The van der Waals surface area contributed by atoms with E-state index < -0.39 is 0 Å². The number of rotatable bonds is 5. The number of nitrogens with one attached hydrogen (secondary N) is 1. The van der Waals surface area contributed by atoms with Crippen LogP contribution in [-0.4, -0.2) is 29.1 Å². The van der Waals surface area contributed by atoms with Crippen LogP contribution in [0.15, 0.2) is 0 Å². The van der Waals surface area contributed by atoms with Crippen molar-refractivity contribution in [3.05, 3.63) is 0 Å². The number of Topliss-reactive ketones (excluding diaryl/α,β-unsaturated/α-hetero) is 1. The molecule has 3 heteroatoms. The zero-order valence-electron chi connectivity index (χ0n) is 10.0. The first kappa shape index (κ1) is 12.2. The predicted molar refractivity (Wildman–Crippen MR) is 62.2 cm³/mol. The van der Waals surface area contributed by atoms with Crippen molar-refractivity contribution in [2.75, 3.05) is 6.54 Å². The Bertz CT molecular complexity index is 250. The Kier molecular flexibility index (Phi) is 4.30. The molecule has 1 aliphatic rings. The molecule has 0 unspecified atom stereocenters.